The molecule has 0 aromatic rings. The van der Waals surface area contributed by atoms with Gasteiger partial charge in [0.1, 0.15) is 5.54 Å². The lowest BCUT2D eigenvalue weighted by Gasteiger charge is -2.31. The lowest BCUT2D eigenvalue weighted by molar-refractivity contribution is -0.133. The van der Waals surface area contributed by atoms with Gasteiger partial charge < -0.3 is 10.4 Å². The first-order valence-corrected chi connectivity index (χ1v) is 6.06. The van der Waals surface area contributed by atoms with Crippen LogP contribution in [-0.2, 0) is 9.59 Å². The van der Waals surface area contributed by atoms with E-state index >= 15 is 0 Å². The van der Waals surface area contributed by atoms with Crippen molar-refractivity contribution in [2.24, 2.45) is 0 Å². The zero-order valence-corrected chi connectivity index (χ0v) is 10.7. The van der Waals surface area contributed by atoms with Gasteiger partial charge in [-0.05, 0) is 26.7 Å². The Morgan fingerprint density at radius 3 is 2.17 bits per heavy atom. The number of nitrogens with zero attached hydrogens (tertiary/aromatic N) is 1. The van der Waals surface area contributed by atoms with E-state index in [1.165, 1.54) is 13.8 Å². The number of carbonyl (C=O) groups is 2. The topological polar surface area (TPSA) is 90.2 Å². The number of amides is 1. The third-order valence-corrected chi connectivity index (χ3v) is 3.50. The lowest BCUT2D eigenvalue weighted by Crippen LogP contribution is -2.49. The molecule has 5 nitrogen and oxygen atoms in total. The molecule has 0 atom stereocenters. The number of carboxylic acid groups (broad SMARTS) is 1. The van der Waals surface area contributed by atoms with E-state index in [-0.39, 0.29) is 11.1 Å². The van der Waals surface area contributed by atoms with Crippen LogP contribution in [-0.4, -0.2) is 22.5 Å². The molecule has 0 spiro atoms. The fourth-order valence-electron chi connectivity index (χ4n) is 2.06. The van der Waals surface area contributed by atoms with Gasteiger partial charge in [-0.2, -0.15) is 5.26 Å². The summed E-state index contributed by atoms with van der Waals surface area (Å²) in [6.45, 7) is 2.85. The van der Waals surface area contributed by atoms with Gasteiger partial charge >= 0.3 is 5.97 Å². The number of aliphatic carboxylic acids is 1. The second-order valence-corrected chi connectivity index (χ2v) is 4.76. The summed E-state index contributed by atoms with van der Waals surface area (Å²) in [6.07, 6.45) is 4.16. The number of hydrogen-bond acceptors (Lipinski definition) is 3. The molecule has 98 valence electrons. The van der Waals surface area contributed by atoms with Gasteiger partial charge in [0.05, 0.1) is 6.07 Å². The van der Waals surface area contributed by atoms with Gasteiger partial charge in [-0.3, -0.25) is 4.79 Å². The normalized spacial score (nSPS) is 19.4. The molecule has 0 aromatic carbocycles. The summed E-state index contributed by atoms with van der Waals surface area (Å²) in [5, 5.41) is 20.7. The first-order valence-electron chi connectivity index (χ1n) is 6.06. The van der Waals surface area contributed by atoms with Crippen LogP contribution in [0.15, 0.2) is 11.1 Å². The van der Waals surface area contributed by atoms with E-state index < -0.39 is 17.4 Å². The van der Waals surface area contributed by atoms with Crippen molar-refractivity contribution >= 4 is 11.9 Å². The van der Waals surface area contributed by atoms with E-state index in [1.54, 1.807) is 0 Å². The van der Waals surface area contributed by atoms with Crippen LogP contribution in [0, 0.1) is 11.3 Å². The average molecular weight is 250 g/mol. The molecule has 5 heteroatoms. The van der Waals surface area contributed by atoms with Gasteiger partial charge in [0.15, 0.2) is 0 Å². The fourth-order valence-corrected chi connectivity index (χ4v) is 2.06. The number of nitrogens with one attached hydrogen (secondary N) is 1. The van der Waals surface area contributed by atoms with Crippen LogP contribution >= 0.6 is 0 Å². The van der Waals surface area contributed by atoms with Crippen molar-refractivity contribution in [1.29, 1.82) is 5.26 Å². The van der Waals surface area contributed by atoms with E-state index in [1.807, 2.05) is 0 Å². The average Bonchev–Trinajstić information content (AvgIpc) is 2.37. The highest BCUT2D eigenvalue weighted by molar-refractivity contribution is 6.01. The number of hydrogen-bond donors (Lipinski definition) is 2. The van der Waals surface area contributed by atoms with Crippen LogP contribution < -0.4 is 5.32 Å². The largest absolute Gasteiger partial charge is 0.478 e. The number of nitriles is 1. The van der Waals surface area contributed by atoms with Gasteiger partial charge in [0, 0.05) is 11.1 Å². The minimum Gasteiger partial charge on any atom is -0.478 e. The number of carboxylic acids is 1. The molecule has 1 fully saturated rings. The van der Waals surface area contributed by atoms with Crippen molar-refractivity contribution in [3.63, 3.8) is 0 Å². The third-order valence-electron chi connectivity index (χ3n) is 3.50. The molecule has 0 radical (unpaired) electrons. The van der Waals surface area contributed by atoms with Crippen LogP contribution in [0.4, 0.5) is 0 Å². The fraction of sp³-hybridized carbons (Fsp3) is 0.615. The van der Waals surface area contributed by atoms with Crippen molar-refractivity contribution in [3.8, 4) is 6.07 Å². The summed E-state index contributed by atoms with van der Waals surface area (Å²) in [4.78, 5) is 22.7. The van der Waals surface area contributed by atoms with Gasteiger partial charge in [-0.1, -0.05) is 19.3 Å². The maximum absolute atomic E-state index is 11.9. The molecule has 1 aliphatic carbocycles. The molecule has 1 aliphatic rings. The van der Waals surface area contributed by atoms with Gasteiger partial charge in [-0.25, -0.2) is 4.79 Å². The monoisotopic (exact) mass is 250 g/mol. The predicted octanol–water partition coefficient (Wildman–Crippen LogP) is 1.75. The van der Waals surface area contributed by atoms with Crippen molar-refractivity contribution in [2.45, 2.75) is 51.5 Å². The summed E-state index contributed by atoms with van der Waals surface area (Å²) >= 11 is 0. The Morgan fingerprint density at radius 1 is 1.17 bits per heavy atom. The summed E-state index contributed by atoms with van der Waals surface area (Å²) in [6, 6.07) is 2.17. The van der Waals surface area contributed by atoms with Crippen molar-refractivity contribution in [3.05, 3.63) is 11.1 Å². The van der Waals surface area contributed by atoms with E-state index in [9.17, 15) is 14.9 Å². The van der Waals surface area contributed by atoms with Crippen LogP contribution in [0.25, 0.3) is 0 Å². The smallest absolute Gasteiger partial charge is 0.331 e. The summed E-state index contributed by atoms with van der Waals surface area (Å²) < 4.78 is 0. The predicted molar refractivity (Wildman–Crippen MR) is 65.6 cm³/mol. The molecule has 0 heterocycles. The van der Waals surface area contributed by atoms with Gasteiger partial charge in [0.25, 0.3) is 0 Å². The van der Waals surface area contributed by atoms with Gasteiger partial charge in [-0.15, -0.1) is 0 Å². The Morgan fingerprint density at radius 2 is 1.72 bits per heavy atom. The van der Waals surface area contributed by atoms with Crippen molar-refractivity contribution in [1.82, 2.24) is 5.32 Å². The Bertz CT molecular complexity index is 426. The van der Waals surface area contributed by atoms with Crippen molar-refractivity contribution < 1.29 is 14.7 Å². The highest BCUT2D eigenvalue weighted by Gasteiger charge is 2.34. The molecule has 2 N–H and O–H groups in total. The second-order valence-electron chi connectivity index (χ2n) is 4.76. The molecule has 0 aromatic heterocycles. The quantitative estimate of drug-likeness (QED) is 0.746. The van der Waals surface area contributed by atoms with Crippen LogP contribution in [0.1, 0.15) is 46.0 Å². The van der Waals surface area contributed by atoms with E-state index in [4.69, 9.17) is 5.11 Å². The zero-order chi connectivity index (χ0) is 13.8. The molecule has 0 aliphatic heterocycles. The Hall–Kier alpha value is -1.83. The summed E-state index contributed by atoms with van der Waals surface area (Å²) in [5.74, 6) is -1.57. The molecule has 1 rings (SSSR count). The maximum Gasteiger partial charge on any atom is 0.331 e. The number of rotatable bonds is 3. The first kappa shape index (κ1) is 14.2. The van der Waals surface area contributed by atoms with Crippen molar-refractivity contribution in [2.75, 3.05) is 0 Å². The molecule has 1 amide bonds. The first-order chi connectivity index (χ1) is 8.42. The second kappa shape index (κ2) is 5.67. The molecular formula is C13H18N2O3. The van der Waals surface area contributed by atoms with Crippen LogP contribution in [0.3, 0.4) is 0 Å². The van der Waals surface area contributed by atoms with E-state index in [2.05, 4.69) is 11.4 Å². The molecule has 0 saturated heterocycles. The highest BCUT2D eigenvalue weighted by atomic mass is 16.4. The maximum atomic E-state index is 11.9. The highest BCUT2D eigenvalue weighted by Crippen LogP contribution is 2.27. The van der Waals surface area contributed by atoms with Gasteiger partial charge in [0.2, 0.25) is 5.91 Å². The molecule has 0 bridgehead atoms. The third kappa shape index (κ3) is 3.10. The molecule has 1 saturated carbocycles. The summed E-state index contributed by atoms with van der Waals surface area (Å²) in [5.41, 5.74) is -0.658. The summed E-state index contributed by atoms with van der Waals surface area (Å²) in [7, 11) is 0. The zero-order valence-electron chi connectivity index (χ0n) is 10.7. The molecule has 18 heavy (non-hydrogen) atoms. The Labute approximate surface area is 106 Å². The lowest BCUT2D eigenvalue weighted by atomic mass is 9.82. The van der Waals surface area contributed by atoms with Crippen LogP contribution in [0.5, 0.6) is 0 Å². The van der Waals surface area contributed by atoms with Crippen LogP contribution in [0.2, 0.25) is 0 Å². The molecule has 0 unspecified atom stereocenters. The standard InChI is InChI=1S/C13H18N2O3/c1-9(10(2)12(17)18)11(16)15-13(8-14)6-4-3-5-7-13/h3-7H2,1-2H3,(H,15,16)(H,17,18)/b10-9+. The number of carbonyl (C=O) groups excluding carboxylic acids is 1. The van der Waals surface area contributed by atoms with E-state index in [0.29, 0.717) is 12.8 Å². The Kier molecular flexibility index (Phi) is 4.49. The minimum atomic E-state index is -1.11. The Balaban J connectivity index is 2.84. The minimum absolute atomic E-state index is 0.0106. The SMILES string of the molecule is C/C(C(=O)O)=C(/C)C(=O)NC1(C#N)CCCCC1. The molecular weight excluding hydrogens is 232 g/mol. The van der Waals surface area contributed by atoms with E-state index in [0.717, 1.165) is 19.3 Å².